The second-order valence-corrected chi connectivity index (χ2v) is 11.1. The van der Waals surface area contributed by atoms with Crippen LogP contribution in [0.2, 0.25) is 0 Å². The van der Waals surface area contributed by atoms with Gasteiger partial charge >= 0.3 is 5.97 Å². The maximum Gasteiger partial charge on any atom is 0.305 e. The SMILES string of the molecule is Cc1ccc(C(CC(=O)O)NC(=O)c2ccc(N3CCCN(C(=O)c4cccnc4)CC3)c(NC(=O)C3CCCO3)c2)cc1. The van der Waals surface area contributed by atoms with Crippen LogP contribution in [0.1, 0.15) is 63.6 Å². The molecule has 11 heteroatoms. The van der Waals surface area contributed by atoms with Gasteiger partial charge in [-0.15, -0.1) is 0 Å². The van der Waals surface area contributed by atoms with Crippen LogP contribution in [-0.4, -0.2) is 77.6 Å². The van der Waals surface area contributed by atoms with Gasteiger partial charge in [0.2, 0.25) is 0 Å². The molecule has 2 atom stereocenters. The van der Waals surface area contributed by atoms with Crippen LogP contribution in [0.4, 0.5) is 11.4 Å². The zero-order valence-corrected chi connectivity index (χ0v) is 24.7. The van der Waals surface area contributed by atoms with Crippen LogP contribution in [0.3, 0.4) is 0 Å². The van der Waals surface area contributed by atoms with Crippen LogP contribution in [0, 0.1) is 6.92 Å². The number of anilines is 2. The molecule has 2 aliphatic rings. The van der Waals surface area contributed by atoms with E-state index in [4.69, 9.17) is 4.74 Å². The monoisotopic (exact) mass is 599 g/mol. The van der Waals surface area contributed by atoms with E-state index >= 15 is 0 Å². The third kappa shape index (κ3) is 7.59. The number of rotatable bonds is 9. The summed E-state index contributed by atoms with van der Waals surface area (Å²) in [5, 5.41) is 15.3. The molecule has 0 bridgehead atoms. The van der Waals surface area contributed by atoms with Gasteiger partial charge in [0.05, 0.1) is 29.4 Å². The van der Waals surface area contributed by atoms with Gasteiger partial charge in [-0.1, -0.05) is 29.8 Å². The van der Waals surface area contributed by atoms with Crippen molar-refractivity contribution in [2.75, 3.05) is 43.0 Å². The topological polar surface area (TPSA) is 141 Å². The summed E-state index contributed by atoms with van der Waals surface area (Å²) in [6.45, 7) is 4.66. The van der Waals surface area contributed by atoms with Crippen molar-refractivity contribution < 1.29 is 29.0 Å². The van der Waals surface area contributed by atoms with Gasteiger partial charge in [0.25, 0.3) is 17.7 Å². The molecule has 2 fully saturated rings. The molecular formula is C33H37N5O6. The van der Waals surface area contributed by atoms with Crippen LogP contribution in [0.5, 0.6) is 0 Å². The molecule has 44 heavy (non-hydrogen) atoms. The summed E-state index contributed by atoms with van der Waals surface area (Å²) in [6.07, 6.45) is 4.46. The van der Waals surface area contributed by atoms with Crippen molar-refractivity contribution >= 4 is 35.1 Å². The lowest BCUT2D eigenvalue weighted by Gasteiger charge is -2.27. The number of benzene rings is 2. The summed E-state index contributed by atoms with van der Waals surface area (Å²) < 4.78 is 5.59. The van der Waals surface area contributed by atoms with E-state index in [0.717, 1.165) is 17.7 Å². The minimum Gasteiger partial charge on any atom is -0.481 e. The van der Waals surface area contributed by atoms with E-state index in [1.54, 1.807) is 59.8 Å². The molecule has 0 saturated carbocycles. The van der Waals surface area contributed by atoms with E-state index in [1.165, 1.54) is 0 Å². The number of carbonyl (C=O) groups is 4. The van der Waals surface area contributed by atoms with E-state index in [-0.39, 0.29) is 23.8 Å². The van der Waals surface area contributed by atoms with Crippen LogP contribution in [0.15, 0.2) is 67.0 Å². The third-order valence-electron chi connectivity index (χ3n) is 7.93. The predicted molar refractivity (Wildman–Crippen MR) is 165 cm³/mol. The van der Waals surface area contributed by atoms with E-state index in [1.807, 2.05) is 19.1 Å². The van der Waals surface area contributed by atoms with E-state index in [9.17, 15) is 24.3 Å². The Morgan fingerprint density at radius 3 is 2.52 bits per heavy atom. The highest BCUT2D eigenvalue weighted by Crippen LogP contribution is 2.30. The number of ether oxygens (including phenoxy) is 1. The van der Waals surface area contributed by atoms with E-state index < -0.39 is 24.0 Å². The van der Waals surface area contributed by atoms with Gasteiger partial charge in [-0.3, -0.25) is 24.2 Å². The minimum atomic E-state index is -1.03. The smallest absolute Gasteiger partial charge is 0.305 e. The van der Waals surface area contributed by atoms with Gasteiger partial charge in [-0.25, -0.2) is 0 Å². The fraction of sp³-hybridized carbons (Fsp3) is 0.364. The number of nitrogens with zero attached hydrogens (tertiary/aromatic N) is 3. The predicted octanol–water partition coefficient (Wildman–Crippen LogP) is 3.81. The summed E-state index contributed by atoms with van der Waals surface area (Å²) in [6, 6.07) is 15.2. The van der Waals surface area contributed by atoms with Gasteiger partial charge < -0.3 is 30.3 Å². The molecule has 2 unspecified atom stereocenters. The number of hydrogen-bond acceptors (Lipinski definition) is 7. The van der Waals surface area contributed by atoms with Crippen molar-refractivity contribution in [2.24, 2.45) is 0 Å². The molecule has 2 saturated heterocycles. The number of carboxylic acids is 1. The van der Waals surface area contributed by atoms with Crippen molar-refractivity contribution in [1.29, 1.82) is 0 Å². The fourth-order valence-corrected chi connectivity index (χ4v) is 5.55. The lowest BCUT2D eigenvalue weighted by atomic mass is 10.0. The normalized spacial score (nSPS) is 17.4. The standard InChI is InChI=1S/C33H37N5O6/c1-22-7-9-23(10-8-22)26(20-30(39)40)35-31(41)24-11-12-28(27(19-24)36-32(42)29-6-3-18-44-29)37-14-4-15-38(17-16-37)33(43)25-5-2-13-34-21-25/h2,5,7-13,19,21,26,29H,3-4,6,14-18,20H2,1H3,(H,35,41)(H,36,42)(H,39,40). The van der Waals surface area contributed by atoms with Crippen molar-refractivity contribution in [3.8, 4) is 0 Å². The highest BCUT2D eigenvalue weighted by molar-refractivity contribution is 6.01. The minimum absolute atomic E-state index is 0.0802. The van der Waals surface area contributed by atoms with Crippen molar-refractivity contribution in [3.63, 3.8) is 0 Å². The maximum absolute atomic E-state index is 13.5. The Kier molecular flexibility index (Phi) is 9.86. The lowest BCUT2D eigenvalue weighted by Crippen LogP contribution is -2.35. The molecule has 11 nitrogen and oxygen atoms in total. The van der Waals surface area contributed by atoms with Gasteiger partial charge in [-0.05, 0) is 62.1 Å². The van der Waals surface area contributed by atoms with Crippen LogP contribution >= 0.6 is 0 Å². The first kappa shape index (κ1) is 30.7. The summed E-state index contributed by atoms with van der Waals surface area (Å²) in [7, 11) is 0. The second kappa shape index (κ2) is 14.1. The quantitative estimate of drug-likeness (QED) is 0.337. The number of amides is 3. The number of hydrogen-bond donors (Lipinski definition) is 3. The Bertz CT molecular complexity index is 1490. The third-order valence-corrected chi connectivity index (χ3v) is 7.93. The van der Waals surface area contributed by atoms with Crippen molar-refractivity contribution in [3.05, 3.63) is 89.2 Å². The van der Waals surface area contributed by atoms with Gasteiger partial charge in [-0.2, -0.15) is 0 Å². The van der Waals surface area contributed by atoms with Crippen LogP contribution in [-0.2, 0) is 14.3 Å². The molecule has 0 aliphatic carbocycles. The van der Waals surface area contributed by atoms with E-state index in [2.05, 4.69) is 20.5 Å². The molecule has 230 valence electrons. The number of nitrogens with one attached hydrogen (secondary N) is 2. The molecule has 3 N–H and O–H groups in total. The Balaban J connectivity index is 1.38. The zero-order chi connectivity index (χ0) is 31.1. The van der Waals surface area contributed by atoms with E-state index in [0.29, 0.717) is 62.4 Å². The van der Waals surface area contributed by atoms with Crippen molar-refractivity contribution in [2.45, 2.75) is 44.8 Å². The molecule has 2 aromatic carbocycles. The van der Waals surface area contributed by atoms with Crippen LogP contribution < -0.4 is 15.5 Å². The number of carbonyl (C=O) groups excluding carboxylic acids is 3. The van der Waals surface area contributed by atoms with Gasteiger partial charge in [0, 0.05) is 50.7 Å². The fourth-order valence-electron chi connectivity index (χ4n) is 5.55. The molecule has 3 heterocycles. The largest absolute Gasteiger partial charge is 0.481 e. The number of aliphatic carboxylic acids is 1. The average Bonchev–Trinajstić information content (AvgIpc) is 3.46. The Morgan fingerprint density at radius 2 is 1.82 bits per heavy atom. The Hall–Kier alpha value is -4.77. The summed E-state index contributed by atoms with van der Waals surface area (Å²) >= 11 is 0. The molecule has 3 amide bonds. The van der Waals surface area contributed by atoms with Crippen molar-refractivity contribution in [1.82, 2.24) is 15.2 Å². The number of carboxylic acid groups (broad SMARTS) is 1. The molecule has 5 rings (SSSR count). The van der Waals surface area contributed by atoms with Crippen LogP contribution in [0.25, 0.3) is 0 Å². The first-order chi connectivity index (χ1) is 21.3. The number of pyridine rings is 1. The highest BCUT2D eigenvalue weighted by atomic mass is 16.5. The Labute approximate surface area is 256 Å². The lowest BCUT2D eigenvalue weighted by molar-refractivity contribution is -0.137. The molecule has 1 aromatic heterocycles. The zero-order valence-electron chi connectivity index (χ0n) is 24.7. The number of aryl methyl sites for hydroxylation is 1. The first-order valence-corrected chi connectivity index (χ1v) is 14.9. The van der Waals surface area contributed by atoms with Gasteiger partial charge in [0.15, 0.2) is 0 Å². The number of aromatic nitrogens is 1. The first-order valence-electron chi connectivity index (χ1n) is 14.9. The average molecular weight is 600 g/mol. The molecule has 0 radical (unpaired) electrons. The molecule has 2 aliphatic heterocycles. The maximum atomic E-state index is 13.5. The molecule has 0 spiro atoms. The summed E-state index contributed by atoms with van der Waals surface area (Å²) in [5.41, 5.74) is 3.70. The molecule has 3 aromatic rings. The van der Waals surface area contributed by atoms with Gasteiger partial charge in [0.1, 0.15) is 6.10 Å². The molecular weight excluding hydrogens is 562 g/mol. The Morgan fingerprint density at radius 1 is 1.00 bits per heavy atom. The second-order valence-electron chi connectivity index (χ2n) is 11.1. The summed E-state index contributed by atoms with van der Waals surface area (Å²) in [5.74, 6) is -1.86. The highest BCUT2D eigenvalue weighted by Gasteiger charge is 2.27. The summed E-state index contributed by atoms with van der Waals surface area (Å²) in [4.78, 5) is 59.2.